The lowest BCUT2D eigenvalue weighted by atomic mass is 10.2. The number of aryl methyl sites for hydroxylation is 2. The number of benzene rings is 1. The SMILES string of the molecule is CCc1nccn1CCCNC(=O)c1ccc(=O)n(-c2ccc(OC)cc2)c1. The highest BCUT2D eigenvalue weighted by atomic mass is 16.5. The van der Waals surface area contributed by atoms with Crippen LogP contribution in [0.5, 0.6) is 5.75 Å². The molecule has 28 heavy (non-hydrogen) atoms. The molecule has 0 aliphatic rings. The van der Waals surface area contributed by atoms with Crippen LogP contribution in [0.3, 0.4) is 0 Å². The summed E-state index contributed by atoms with van der Waals surface area (Å²) in [5.41, 5.74) is 0.911. The topological polar surface area (TPSA) is 78.2 Å². The number of hydrogen-bond acceptors (Lipinski definition) is 4. The van der Waals surface area contributed by atoms with Gasteiger partial charge in [-0.15, -0.1) is 0 Å². The first kappa shape index (κ1) is 19.4. The van der Waals surface area contributed by atoms with Crippen LogP contribution in [0.25, 0.3) is 5.69 Å². The molecule has 7 nitrogen and oxygen atoms in total. The molecule has 0 unspecified atom stereocenters. The van der Waals surface area contributed by atoms with Gasteiger partial charge in [-0.1, -0.05) is 6.92 Å². The van der Waals surface area contributed by atoms with Gasteiger partial charge in [0, 0.05) is 49.9 Å². The molecule has 2 heterocycles. The van der Waals surface area contributed by atoms with Gasteiger partial charge in [-0.25, -0.2) is 4.98 Å². The molecule has 0 aliphatic heterocycles. The Morgan fingerprint density at radius 3 is 2.68 bits per heavy atom. The summed E-state index contributed by atoms with van der Waals surface area (Å²) in [6.45, 7) is 3.41. The van der Waals surface area contributed by atoms with Crippen molar-refractivity contribution in [3.8, 4) is 11.4 Å². The second kappa shape index (κ2) is 9.03. The van der Waals surface area contributed by atoms with Crippen LogP contribution in [0.1, 0.15) is 29.5 Å². The second-order valence-corrected chi connectivity index (χ2v) is 6.32. The first-order valence-electron chi connectivity index (χ1n) is 9.27. The van der Waals surface area contributed by atoms with Crippen LogP contribution in [-0.4, -0.2) is 33.7 Å². The van der Waals surface area contributed by atoms with E-state index in [4.69, 9.17) is 4.74 Å². The van der Waals surface area contributed by atoms with Crippen LogP contribution < -0.4 is 15.6 Å². The van der Waals surface area contributed by atoms with Gasteiger partial charge in [-0.05, 0) is 36.8 Å². The maximum atomic E-state index is 12.5. The molecule has 146 valence electrons. The van der Waals surface area contributed by atoms with Gasteiger partial charge in [-0.2, -0.15) is 0 Å². The quantitative estimate of drug-likeness (QED) is 0.609. The van der Waals surface area contributed by atoms with Gasteiger partial charge >= 0.3 is 0 Å². The summed E-state index contributed by atoms with van der Waals surface area (Å²) in [6, 6.07) is 10.0. The molecular formula is C21H24N4O3. The van der Waals surface area contributed by atoms with Crippen LogP contribution in [0.4, 0.5) is 0 Å². The zero-order valence-electron chi connectivity index (χ0n) is 16.1. The summed E-state index contributed by atoms with van der Waals surface area (Å²) >= 11 is 0. The highest BCUT2D eigenvalue weighted by Crippen LogP contribution is 2.14. The first-order valence-corrected chi connectivity index (χ1v) is 9.27. The van der Waals surface area contributed by atoms with E-state index in [1.54, 1.807) is 49.8 Å². The van der Waals surface area contributed by atoms with E-state index >= 15 is 0 Å². The van der Waals surface area contributed by atoms with Crippen molar-refractivity contribution in [1.82, 2.24) is 19.4 Å². The Morgan fingerprint density at radius 2 is 1.96 bits per heavy atom. The minimum absolute atomic E-state index is 0.200. The highest BCUT2D eigenvalue weighted by molar-refractivity contribution is 5.93. The third kappa shape index (κ3) is 4.49. The molecule has 7 heteroatoms. The van der Waals surface area contributed by atoms with E-state index in [1.165, 1.54) is 10.6 Å². The molecule has 0 saturated heterocycles. The third-order valence-corrected chi connectivity index (χ3v) is 4.50. The van der Waals surface area contributed by atoms with Gasteiger partial charge in [0.2, 0.25) is 0 Å². The predicted octanol–water partition coefficient (Wildman–Crippen LogP) is 2.43. The number of pyridine rings is 1. The van der Waals surface area contributed by atoms with Crippen LogP contribution in [-0.2, 0) is 13.0 Å². The number of imidazole rings is 1. The molecule has 1 N–H and O–H groups in total. The maximum Gasteiger partial charge on any atom is 0.255 e. The zero-order valence-corrected chi connectivity index (χ0v) is 16.1. The number of amides is 1. The average molecular weight is 380 g/mol. The van der Waals surface area contributed by atoms with Crippen LogP contribution in [0.15, 0.2) is 59.8 Å². The molecule has 0 bridgehead atoms. The maximum absolute atomic E-state index is 12.5. The molecule has 1 amide bonds. The van der Waals surface area contributed by atoms with E-state index in [0.29, 0.717) is 23.5 Å². The van der Waals surface area contributed by atoms with Crippen molar-refractivity contribution in [3.63, 3.8) is 0 Å². The van der Waals surface area contributed by atoms with E-state index in [2.05, 4.69) is 21.8 Å². The van der Waals surface area contributed by atoms with E-state index in [0.717, 1.165) is 25.2 Å². The molecular weight excluding hydrogens is 356 g/mol. The number of aromatic nitrogens is 3. The molecule has 3 aromatic rings. The molecule has 0 aliphatic carbocycles. The predicted molar refractivity (Wildman–Crippen MR) is 107 cm³/mol. The third-order valence-electron chi connectivity index (χ3n) is 4.50. The normalized spacial score (nSPS) is 10.6. The van der Waals surface area contributed by atoms with Crippen molar-refractivity contribution in [1.29, 1.82) is 0 Å². The van der Waals surface area contributed by atoms with Gasteiger partial charge in [0.1, 0.15) is 11.6 Å². The van der Waals surface area contributed by atoms with Gasteiger partial charge in [-0.3, -0.25) is 14.2 Å². The lowest BCUT2D eigenvalue weighted by Gasteiger charge is -2.10. The fourth-order valence-electron chi connectivity index (χ4n) is 2.98. The Kier molecular flexibility index (Phi) is 6.26. The number of carbonyl (C=O) groups is 1. The Labute approximate surface area is 163 Å². The summed E-state index contributed by atoms with van der Waals surface area (Å²) in [7, 11) is 1.59. The van der Waals surface area contributed by atoms with Crippen LogP contribution >= 0.6 is 0 Å². The first-order chi connectivity index (χ1) is 13.6. The van der Waals surface area contributed by atoms with E-state index in [-0.39, 0.29) is 11.5 Å². The standard InChI is InChI=1S/C21H24N4O3/c1-3-19-22-12-14-24(19)13-4-11-23-21(27)16-5-10-20(26)25(15-16)17-6-8-18(28-2)9-7-17/h5-10,12,14-15H,3-4,11,13H2,1-2H3,(H,23,27). The van der Waals surface area contributed by atoms with Gasteiger partial charge in [0.25, 0.3) is 11.5 Å². The van der Waals surface area contributed by atoms with E-state index < -0.39 is 0 Å². The highest BCUT2D eigenvalue weighted by Gasteiger charge is 2.09. The number of ether oxygens (including phenoxy) is 1. The largest absolute Gasteiger partial charge is 0.497 e. The minimum atomic E-state index is -0.205. The Hall–Kier alpha value is -3.35. The molecule has 0 radical (unpaired) electrons. The van der Waals surface area contributed by atoms with Crippen LogP contribution in [0.2, 0.25) is 0 Å². The van der Waals surface area contributed by atoms with Crippen molar-refractivity contribution in [2.24, 2.45) is 0 Å². The Bertz CT molecular complexity index is 989. The average Bonchev–Trinajstić information content (AvgIpc) is 3.19. The number of nitrogens with one attached hydrogen (secondary N) is 1. The molecule has 1 aromatic carbocycles. The summed E-state index contributed by atoms with van der Waals surface area (Å²) in [5, 5.41) is 2.91. The number of rotatable bonds is 8. The molecule has 0 spiro atoms. The molecule has 0 fully saturated rings. The Morgan fingerprint density at radius 1 is 1.18 bits per heavy atom. The molecule has 2 aromatic heterocycles. The summed E-state index contributed by atoms with van der Waals surface area (Å²) in [4.78, 5) is 28.9. The van der Waals surface area contributed by atoms with E-state index in [9.17, 15) is 9.59 Å². The second-order valence-electron chi connectivity index (χ2n) is 6.32. The van der Waals surface area contributed by atoms with Crippen molar-refractivity contribution < 1.29 is 9.53 Å². The van der Waals surface area contributed by atoms with Gasteiger partial charge in [0.15, 0.2) is 0 Å². The fraction of sp³-hybridized carbons (Fsp3) is 0.286. The summed E-state index contributed by atoms with van der Waals surface area (Å²) < 4.78 is 8.68. The Balaban J connectivity index is 1.63. The van der Waals surface area contributed by atoms with Crippen molar-refractivity contribution >= 4 is 5.91 Å². The van der Waals surface area contributed by atoms with Gasteiger partial charge < -0.3 is 14.6 Å². The number of methoxy groups -OCH3 is 1. The summed E-state index contributed by atoms with van der Waals surface area (Å²) in [6.07, 6.45) is 6.98. The molecule has 0 atom stereocenters. The minimum Gasteiger partial charge on any atom is -0.497 e. The lowest BCUT2D eigenvalue weighted by Crippen LogP contribution is -2.27. The lowest BCUT2D eigenvalue weighted by molar-refractivity contribution is 0.0952. The fourth-order valence-corrected chi connectivity index (χ4v) is 2.98. The molecule has 0 saturated carbocycles. The van der Waals surface area contributed by atoms with Crippen molar-refractivity contribution in [2.45, 2.75) is 26.3 Å². The monoisotopic (exact) mass is 380 g/mol. The number of hydrogen-bond donors (Lipinski definition) is 1. The summed E-state index contributed by atoms with van der Waals surface area (Å²) in [5.74, 6) is 1.54. The van der Waals surface area contributed by atoms with Gasteiger partial charge in [0.05, 0.1) is 12.7 Å². The van der Waals surface area contributed by atoms with Crippen molar-refractivity contribution in [2.75, 3.05) is 13.7 Å². The number of carbonyl (C=O) groups excluding carboxylic acids is 1. The van der Waals surface area contributed by atoms with Crippen molar-refractivity contribution in [3.05, 3.63) is 76.7 Å². The molecule has 3 rings (SSSR count). The zero-order chi connectivity index (χ0) is 19.9. The number of nitrogens with zero attached hydrogens (tertiary/aromatic N) is 3. The smallest absolute Gasteiger partial charge is 0.255 e. The van der Waals surface area contributed by atoms with Crippen LogP contribution in [0, 0.1) is 0 Å². The van der Waals surface area contributed by atoms with E-state index in [1.807, 2.05) is 6.20 Å².